The summed E-state index contributed by atoms with van der Waals surface area (Å²) in [6, 6.07) is 7.63. The SMILES string of the molecule is CC(=O)N1CCc2c(sc3nc(SCC(=O)Nc4ccccc4C)n(CC4CCCO4)c(=O)c23)C1. The molecule has 0 aliphatic carbocycles. The van der Waals surface area contributed by atoms with E-state index >= 15 is 0 Å². The second-order valence-corrected chi connectivity index (χ2v) is 11.0. The van der Waals surface area contributed by atoms with Gasteiger partial charge in [-0.1, -0.05) is 30.0 Å². The lowest BCUT2D eigenvalue weighted by molar-refractivity contribution is -0.129. The van der Waals surface area contributed by atoms with Crippen LogP contribution in [0.15, 0.2) is 34.2 Å². The first-order valence-corrected chi connectivity index (χ1v) is 13.6. The molecule has 1 aromatic carbocycles. The lowest BCUT2D eigenvalue weighted by Crippen LogP contribution is -2.34. The van der Waals surface area contributed by atoms with Crippen LogP contribution in [0.4, 0.5) is 5.69 Å². The molecule has 2 aliphatic rings. The van der Waals surface area contributed by atoms with E-state index in [9.17, 15) is 14.4 Å². The number of amides is 2. The largest absolute Gasteiger partial charge is 0.376 e. The third-order valence-corrected chi connectivity index (χ3v) is 8.62. The Hall–Kier alpha value is -2.69. The van der Waals surface area contributed by atoms with E-state index in [1.54, 1.807) is 16.4 Å². The van der Waals surface area contributed by atoms with Crippen molar-refractivity contribution in [3.05, 3.63) is 50.6 Å². The average molecular weight is 513 g/mol. The van der Waals surface area contributed by atoms with E-state index in [4.69, 9.17) is 9.72 Å². The number of thioether (sulfide) groups is 1. The lowest BCUT2D eigenvalue weighted by atomic mass is 10.1. The summed E-state index contributed by atoms with van der Waals surface area (Å²) in [5.41, 5.74) is 2.69. The molecule has 1 N–H and O–H groups in total. The van der Waals surface area contributed by atoms with E-state index in [1.807, 2.05) is 31.2 Å². The van der Waals surface area contributed by atoms with Crippen molar-refractivity contribution < 1.29 is 14.3 Å². The molecule has 2 aromatic heterocycles. The van der Waals surface area contributed by atoms with Crippen LogP contribution in [0.1, 0.15) is 35.8 Å². The maximum atomic E-state index is 13.7. The molecule has 0 radical (unpaired) electrons. The Morgan fingerprint density at radius 1 is 1.31 bits per heavy atom. The molecule has 0 saturated carbocycles. The molecule has 1 unspecified atom stereocenters. The van der Waals surface area contributed by atoms with Gasteiger partial charge in [0.05, 0.1) is 30.3 Å². The van der Waals surface area contributed by atoms with Gasteiger partial charge in [-0.15, -0.1) is 11.3 Å². The van der Waals surface area contributed by atoms with Crippen LogP contribution in [0.25, 0.3) is 10.2 Å². The number of thiophene rings is 1. The molecule has 2 aliphatic heterocycles. The molecule has 3 aromatic rings. The molecule has 1 fully saturated rings. The first-order chi connectivity index (χ1) is 16.9. The molecular weight excluding hydrogens is 484 g/mol. The van der Waals surface area contributed by atoms with Crippen molar-refractivity contribution in [3.63, 3.8) is 0 Å². The fourth-order valence-corrected chi connectivity index (χ4v) is 6.70. The Bertz CT molecular complexity index is 1340. The zero-order valence-corrected chi connectivity index (χ0v) is 21.5. The molecule has 184 valence electrons. The maximum Gasteiger partial charge on any atom is 0.263 e. The van der Waals surface area contributed by atoms with Gasteiger partial charge in [-0.2, -0.15) is 0 Å². The Kier molecular flexibility index (Phi) is 6.95. The molecule has 35 heavy (non-hydrogen) atoms. The number of aryl methyl sites for hydroxylation is 1. The summed E-state index contributed by atoms with van der Waals surface area (Å²) < 4.78 is 7.50. The van der Waals surface area contributed by atoms with Gasteiger partial charge in [-0.3, -0.25) is 19.0 Å². The summed E-state index contributed by atoms with van der Waals surface area (Å²) in [7, 11) is 0. The molecule has 8 nitrogen and oxygen atoms in total. The Balaban J connectivity index is 1.45. The topological polar surface area (TPSA) is 93.5 Å². The van der Waals surface area contributed by atoms with E-state index in [0.717, 1.165) is 34.5 Å². The monoisotopic (exact) mass is 512 g/mol. The fraction of sp³-hybridized carbons (Fsp3) is 0.440. The molecule has 5 rings (SSSR count). The lowest BCUT2D eigenvalue weighted by Gasteiger charge is -2.25. The second kappa shape index (κ2) is 10.1. The van der Waals surface area contributed by atoms with Gasteiger partial charge in [-0.05, 0) is 43.4 Å². The van der Waals surface area contributed by atoms with E-state index < -0.39 is 0 Å². The summed E-state index contributed by atoms with van der Waals surface area (Å²) in [5, 5.41) is 4.13. The van der Waals surface area contributed by atoms with Gasteiger partial charge in [0.15, 0.2) is 5.16 Å². The van der Waals surface area contributed by atoms with Gasteiger partial charge in [0.25, 0.3) is 5.56 Å². The van der Waals surface area contributed by atoms with Gasteiger partial charge < -0.3 is 15.0 Å². The van der Waals surface area contributed by atoms with Crippen LogP contribution in [-0.4, -0.2) is 51.3 Å². The van der Waals surface area contributed by atoms with Crippen molar-refractivity contribution in [2.24, 2.45) is 0 Å². The van der Waals surface area contributed by atoms with Gasteiger partial charge in [0.2, 0.25) is 11.8 Å². The van der Waals surface area contributed by atoms with Crippen molar-refractivity contribution in [1.29, 1.82) is 0 Å². The number of hydrogen-bond acceptors (Lipinski definition) is 7. The molecule has 1 atom stereocenters. The molecule has 1 saturated heterocycles. The highest BCUT2D eigenvalue weighted by atomic mass is 32.2. The zero-order valence-electron chi connectivity index (χ0n) is 19.8. The number of fused-ring (bicyclic) bond motifs is 3. The van der Waals surface area contributed by atoms with Crippen molar-refractivity contribution >= 4 is 50.8 Å². The number of rotatable bonds is 6. The van der Waals surface area contributed by atoms with Gasteiger partial charge in [-0.25, -0.2) is 4.98 Å². The number of nitrogens with zero attached hydrogens (tertiary/aromatic N) is 3. The van der Waals surface area contributed by atoms with Crippen LogP contribution in [0.2, 0.25) is 0 Å². The van der Waals surface area contributed by atoms with Crippen LogP contribution in [0.5, 0.6) is 0 Å². The number of carbonyl (C=O) groups is 2. The van der Waals surface area contributed by atoms with E-state index in [2.05, 4.69) is 5.32 Å². The Morgan fingerprint density at radius 3 is 2.89 bits per heavy atom. The molecule has 4 heterocycles. The minimum atomic E-state index is -0.148. The summed E-state index contributed by atoms with van der Waals surface area (Å²) in [6.45, 7) is 5.76. The van der Waals surface area contributed by atoms with Crippen molar-refractivity contribution in [1.82, 2.24) is 14.5 Å². The van der Waals surface area contributed by atoms with Crippen molar-refractivity contribution in [2.45, 2.75) is 57.5 Å². The van der Waals surface area contributed by atoms with Crippen LogP contribution in [0.3, 0.4) is 0 Å². The van der Waals surface area contributed by atoms with Gasteiger partial charge >= 0.3 is 0 Å². The van der Waals surface area contributed by atoms with Crippen LogP contribution in [0, 0.1) is 6.92 Å². The highest BCUT2D eigenvalue weighted by Gasteiger charge is 2.27. The third-order valence-electron chi connectivity index (χ3n) is 6.53. The van der Waals surface area contributed by atoms with Crippen molar-refractivity contribution in [3.8, 4) is 0 Å². The van der Waals surface area contributed by atoms with Crippen LogP contribution < -0.4 is 10.9 Å². The Labute approximate surface area is 211 Å². The molecule has 2 amide bonds. The standard InChI is InChI=1S/C25H28N4O4S2/c1-15-6-3-4-8-19(15)26-21(31)14-34-25-27-23-22(24(32)29(25)12-17-7-5-11-33-17)18-9-10-28(16(2)30)13-20(18)35-23/h3-4,6,8,17H,5,7,9-14H2,1-2H3,(H,26,31). The highest BCUT2D eigenvalue weighted by Crippen LogP contribution is 2.34. The predicted octanol–water partition coefficient (Wildman–Crippen LogP) is 3.58. The smallest absolute Gasteiger partial charge is 0.263 e. The van der Waals surface area contributed by atoms with Gasteiger partial charge in [0.1, 0.15) is 4.83 Å². The van der Waals surface area contributed by atoms with E-state index in [0.29, 0.717) is 48.0 Å². The molecular formula is C25H28N4O4S2. The minimum absolute atomic E-state index is 0.0326. The first kappa shape index (κ1) is 24.0. The van der Waals surface area contributed by atoms with Crippen LogP contribution >= 0.6 is 23.1 Å². The maximum absolute atomic E-state index is 13.7. The number of carbonyl (C=O) groups excluding carboxylic acids is 2. The van der Waals surface area contributed by atoms with Crippen molar-refractivity contribution in [2.75, 3.05) is 24.2 Å². The molecule has 0 spiro atoms. The number of ether oxygens (including phenoxy) is 1. The molecule has 0 bridgehead atoms. The highest BCUT2D eigenvalue weighted by molar-refractivity contribution is 7.99. The third kappa shape index (κ3) is 5.00. The van der Waals surface area contributed by atoms with E-state index in [1.165, 1.54) is 23.1 Å². The summed E-state index contributed by atoms with van der Waals surface area (Å²) in [6.07, 6.45) is 2.50. The van der Waals surface area contributed by atoms with Gasteiger partial charge in [0, 0.05) is 30.6 Å². The average Bonchev–Trinajstić information content (AvgIpc) is 3.48. The Morgan fingerprint density at radius 2 is 2.14 bits per heavy atom. The summed E-state index contributed by atoms with van der Waals surface area (Å²) in [4.78, 5) is 46.7. The number of nitrogens with one attached hydrogen (secondary N) is 1. The fourth-order valence-electron chi connectivity index (χ4n) is 4.62. The summed E-state index contributed by atoms with van der Waals surface area (Å²) >= 11 is 2.75. The first-order valence-electron chi connectivity index (χ1n) is 11.8. The van der Waals surface area contributed by atoms with Crippen LogP contribution in [-0.2, 0) is 33.8 Å². The number of benzene rings is 1. The molecule has 10 heteroatoms. The van der Waals surface area contributed by atoms with E-state index in [-0.39, 0.29) is 29.2 Å². The quantitative estimate of drug-likeness (QED) is 0.401. The number of anilines is 1. The number of para-hydroxylation sites is 1. The second-order valence-electron chi connectivity index (χ2n) is 8.97. The predicted molar refractivity (Wildman–Crippen MR) is 138 cm³/mol. The normalized spacial score (nSPS) is 17.5. The zero-order chi connectivity index (χ0) is 24.5. The summed E-state index contributed by atoms with van der Waals surface area (Å²) in [5.74, 6) is 0.0266. The number of hydrogen-bond donors (Lipinski definition) is 1. The minimum Gasteiger partial charge on any atom is -0.376 e. The number of aromatic nitrogens is 2.